The second kappa shape index (κ2) is 8.60. The zero-order chi connectivity index (χ0) is 20.1. The van der Waals surface area contributed by atoms with E-state index < -0.39 is 33.9 Å². The van der Waals surface area contributed by atoms with Crippen molar-refractivity contribution >= 4 is 21.7 Å². The molecule has 1 atom stereocenters. The fourth-order valence-corrected chi connectivity index (χ4v) is 4.97. The smallest absolute Gasteiger partial charge is 0.338 e. The number of esters is 1. The Labute approximate surface area is 159 Å². The van der Waals surface area contributed by atoms with Crippen LogP contribution in [0.15, 0.2) is 18.2 Å². The van der Waals surface area contributed by atoms with Crippen LogP contribution < -0.4 is 14.8 Å². The highest BCUT2D eigenvalue weighted by Crippen LogP contribution is 2.29. The molecule has 1 aromatic carbocycles. The number of hydrogen-bond donors (Lipinski definition) is 1. The van der Waals surface area contributed by atoms with Gasteiger partial charge in [-0.15, -0.1) is 0 Å². The fraction of sp³-hybridized carbons (Fsp3) is 0.556. The normalized spacial score (nSPS) is 20.7. The standard InChI is InChI=1S/C18H25NO7S/c1-4-24-14-7-6-13(10-15(14)25-5-2)17(21)26-11-16(20)19-18(3)8-9-27(22,23)12-18/h6-7,10H,4-5,8-9,11-12H2,1-3H3,(H,19,20). The van der Waals surface area contributed by atoms with E-state index in [2.05, 4.69) is 5.32 Å². The van der Waals surface area contributed by atoms with Crippen LogP contribution in [0.5, 0.6) is 11.5 Å². The Balaban J connectivity index is 1.95. The summed E-state index contributed by atoms with van der Waals surface area (Å²) < 4.78 is 39.1. The monoisotopic (exact) mass is 399 g/mol. The summed E-state index contributed by atoms with van der Waals surface area (Å²) in [5.41, 5.74) is -0.604. The van der Waals surface area contributed by atoms with Gasteiger partial charge >= 0.3 is 5.97 Å². The van der Waals surface area contributed by atoms with Gasteiger partial charge in [-0.2, -0.15) is 0 Å². The molecule has 1 unspecified atom stereocenters. The Kier molecular flexibility index (Phi) is 6.69. The molecule has 1 aliphatic rings. The van der Waals surface area contributed by atoms with Crippen molar-refractivity contribution in [2.45, 2.75) is 32.7 Å². The SMILES string of the molecule is CCOc1ccc(C(=O)OCC(=O)NC2(C)CCS(=O)(=O)C2)cc1OCC. The zero-order valence-corrected chi connectivity index (χ0v) is 16.6. The summed E-state index contributed by atoms with van der Waals surface area (Å²) in [7, 11) is -3.14. The molecule has 0 radical (unpaired) electrons. The molecular weight excluding hydrogens is 374 g/mol. The van der Waals surface area contributed by atoms with Crippen LogP contribution in [0, 0.1) is 0 Å². The van der Waals surface area contributed by atoms with Gasteiger partial charge in [0.2, 0.25) is 0 Å². The molecule has 0 saturated carbocycles. The van der Waals surface area contributed by atoms with Crippen molar-refractivity contribution in [3.05, 3.63) is 23.8 Å². The van der Waals surface area contributed by atoms with E-state index in [1.54, 1.807) is 13.0 Å². The minimum atomic E-state index is -3.14. The first kappa shape index (κ1) is 21.0. The number of benzene rings is 1. The average molecular weight is 399 g/mol. The molecule has 1 aromatic rings. The number of rotatable bonds is 8. The van der Waals surface area contributed by atoms with Gasteiger partial charge in [0.05, 0.1) is 35.8 Å². The van der Waals surface area contributed by atoms with Crippen LogP contribution in [0.25, 0.3) is 0 Å². The minimum absolute atomic E-state index is 0.0377. The molecule has 1 N–H and O–H groups in total. The molecule has 1 saturated heterocycles. The molecule has 9 heteroatoms. The number of carbonyl (C=O) groups excluding carboxylic acids is 2. The summed E-state index contributed by atoms with van der Waals surface area (Å²) >= 11 is 0. The Morgan fingerprint density at radius 1 is 1.15 bits per heavy atom. The van der Waals surface area contributed by atoms with E-state index in [0.29, 0.717) is 31.1 Å². The van der Waals surface area contributed by atoms with Gasteiger partial charge in [0.1, 0.15) is 0 Å². The molecule has 2 rings (SSSR count). The van der Waals surface area contributed by atoms with Crippen molar-refractivity contribution < 1.29 is 32.2 Å². The average Bonchev–Trinajstić information content (AvgIpc) is 2.87. The van der Waals surface area contributed by atoms with Crippen LogP contribution in [0.3, 0.4) is 0 Å². The van der Waals surface area contributed by atoms with E-state index in [0.717, 1.165) is 0 Å². The Bertz CT molecular complexity index is 806. The van der Waals surface area contributed by atoms with Crippen molar-refractivity contribution in [2.24, 2.45) is 0 Å². The second-order valence-electron chi connectivity index (χ2n) is 6.55. The van der Waals surface area contributed by atoms with Crippen molar-refractivity contribution in [1.82, 2.24) is 5.32 Å². The number of amides is 1. The lowest BCUT2D eigenvalue weighted by molar-refractivity contribution is -0.125. The van der Waals surface area contributed by atoms with Crippen LogP contribution in [0.4, 0.5) is 0 Å². The fourth-order valence-electron chi connectivity index (χ4n) is 2.87. The quantitative estimate of drug-likeness (QED) is 0.657. The number of carbonyl (C=O) groups is 2. The molecule has 1 amide bonds. The lowest BCUT2D eigenvalue weighted by Crippen LogP contribution is -2.48. The zero-order valence-electron chi connectivity index (χ0n) is 15.7. The molecule has 0 aromatic heterocycles. The summed E-state index contributed by atoms with van der Waals surface area (Å²) in [6.45, 7) is 5.69. The molecule has 1 aliphatic heterocycles. The molecule has 27 heavy (non-hydrogen) atoms. The van der Waals surface area contributed by atoms with Crippen LogP contribution >= 0.6 is 0 Å². The maximum absolute atomic E-state index is 12.2. The Hall–Kier alpha value is -2.29. The van der Waals surface area contributed by atoms with Gasteiger partial charge in [-0.05, 0) is 45.4 Å². The van der Waals surface area contributed by atoms with E-state index >= 15 is 0 Å². The molecule has 0 aliphatic carbocycles. The van der Waals surface area contributed by atoms with Crippen LogP contribution in [0.1, 0.15) is 37.6 Å². The number of nitrogens with one attached hydrogen (secondary N) is 1. The number of ether oxygens (including phenoxy) is 3. The van der Waals surface area contributed by atoms with Gasteiger partial charge in [0.25, 0.3) is 5.91 Å². The third-order valence-electron chi connectivity index (χ3n) is 4.06. The van der Waals surface area contributed by atoms with E-state index in [1.165, 1.54) is 12.1 Å². The maximum atomic E-state index is 12.2. The first-order valence-electron chi connectivity index (χ1n) is 8.76. The minimum Gasteiger partial charge on any atom is -0.490 e. The first-order chi connectivity index (χ1) is 12.7. The molecule has 1 fully saturated rings. The van der Waals surface area contributed by atoms with Crippen LogP contribution in [0.2, 0.25) is 0 Å². The highest BCUT2D eigenvalue weighted by atomic mass is 32.2. The summed E-state index contributed by atoms with van der Waals surface area (Å²) in [6, 6.07) is 4.63. The van der Waals surface area contributed by atoms with Crippen molar-refractivity contribution in [2.75, 3.05) is 31.3 Å². The van der Waals surface area contributed by atoms with E-state index in [-0.39, 0.29) is 17.1 Å². The lowest BCUT2D eigenvalue weighted by Gasteiger charge is -2.23. The number of sulfone groups is 1. The topological polar surface area (TPSA) is 108 Å². The summed E-state index contributed by atoms with van der Waals surface area (Å²) in [5.74, 6) is -0.366. The lowest BCUT2D eigenvalue weighted by atomic mass is 10.0. The van der Waals surface area contributed by atoms with Crippen molar-refractivity contribution in [1.29, 1.82) is 0 Å². The molecular formula is C18H25NO7S. The van der Waals surface area contributed by atoms with Crippen molar-refractivity contribution in [3.63, 3.8) is 0 Å². The third kappa shape index (κ3) is 5.85. The third-order valence-corrected chi connectivity index (χ3v) is 5.96. The van der Waals surface area contributed by atoms with E-state index in [4.69, 9.17) is 14.2 Å². The van der Waals surface area contributed by atoms with E-state index in [1.807, 2.05) is 13.8 Å². The predicted octanol–water partition coefficient (Wildman–Crippen LogP) is 1.33. The summed E-state index contributed by atoms with van der Waals surface area (Å²) in [4.78, 5) is 24.2. The second-order valence-corrected chi connectivity index (χ2v) is 8.74. The highest BCUT2D eigenvalue weighted by molar-refractivity contribution is 7.91. The van der Waals surface area contributed by atoms with Gasteiger partial charge in [-0.1, -0.05) is 0 Å². The van der Waals surface area contributed by atoms with Gasteiger partial charge in [-0.25, -0.2) is 13.2 Å². The van der Waals surface area contributed by atoms with E-state index in [9.17, 15) is 18.0 Å². The maximum Gasteiger partial charge on any atom is 0.338 e. The number of hydrogen-bond acceptors (Lipinski definition) is 7. The predicted molar refractivity (Wildman–Crippen MR) is 98.9 cm³/mol. The molecule has 150 valence electrons. The molecule has 0 spiro atoms. The largest absolute Gasteiger partial charge is 0.490 e. The van der Waals surface area contributed by atoms with Crippen molar-refractivity contribution in [3.8, 4) is 11.5 Å². The molecule has 0 bridgehead atoms. The van der Waals surface area contributed by atoms with Gasteiger partial charge in [0, 0.05) is 0 Å². The van der Waals surface area contributed by atoms with Gasteiger partial charge in [-0.3, -0.25) is 4.79 Å². The van der Waals surface area contributed by atoms with Gasteiger partial charge in [0.15, 0.2) is 27.9 Å². The summed E-state index contributed by atoms with van der Waals surface area (Å²) in [5, 5.41) is 2.64. The first-order valence-corrected chi connectivity index (χ1v) is 10.6. The Morgan fingerprint density at radius 3 is 2.41 bits per heavy atom. The summed E-state index contributed by atoms with van der Waals surface area (Å²) in [6.07, 6.45) is 0.339. The van der Waals surface area contributed by atoms with Gasteiger partial charge < -0.3 is 19.5 Å². The molecule has 8 nitrogen and oxygen atoms in total. The highest BCUT2D eigenvalue weighted by Gasteiger charge is 2.39. The van der Waals surface area contributed by atoms with Crippen LogP contribution in [-0.4, -0.2) is 57.2 Å². The Morgan fingerprint density at radius 2 is 1.81 bits per heavy atom. The molecule has 1 heterocycles. The van der Waals surface area contributed by atoms with Crippen LogP contribution in [-0.2, 0) is 19.4 Å².